The lowest BCUT2D eigenvalue weighted by atomic mass is 9.96. The van der Waals surface area contributed by atoms with Gasteiger partial charge in [0.15, 0.2) is 18.7 Å². The fourth-order valence-corrected chi connectivity index (χ4v) is 8.21. The van der Waals surface area contributed by atoms with E-state index in [0.717, 1.165) is 22.3 Å². The fraction of sp³-hybridized carbons (Fsp3) is 0.321. The summed E-state index contributed by atoms with van der Waals surface area (Å²) in [5, 5.41) is 12.6. The van der Waals surface area contributed by atoms with Gasteiger partial charge in [-0.05, 0) is 53.4 Å². The number of carbonyl (C=O) groups excluding carboxylic acids is 2. The van der Waals surface area contributed by atoms with Crippen LogP contribution in [0.5, 0.6) is 0 Å². The molecule has 0 saturated carbocycles. The SMILES string of the molecule is CCOC1OC(COC(=O)c2ccccc2)C(OC2OC(COCc3ccccc3)C(OC(=O)c3ccccc3)C(OCc3ccccc3)C2OCc2ccccc2)C(O)C1OCc1ccccc1. The van der Waals surface area contributed by atoms with Crippen LogP contribution in [-0.4, -0.2) is 98.3 Å². The maximum atomic E-state index is 14.1. The molecule has 6 aromatic rings. The highest BCUT2D eigenvalue weighted by Gasteiger charge is 2.55. The van der Waals surface area contributed by atoms with Crippen molar-refractivity contribution in [3.8, 4) is 0 Å². The second-order valence-corrected chi connectivity index (χ2v) is 16.6. The van der Waals surface area contributed by atoms with Gasteiger partial charge in [0.25, 0.3) is 0 Å². The van der Waals surface area contributed by atoms with E-state index in [1.807, 2.05) is 127 Å². The van der Waals surface area contributed by atoms with Gasteiger partial charge >= 0.3 is 11.9 Å². The summed E-state index contributed by atoms with van der Waals surface area (Å²) in [7, 11) is 0. The topological polar surface area (TPSA) is 147 Å². The van der Waals surface area contributed by atoms with Crippen LogP contribution in [0.25, 0.3) is 0 Å². The molecular formula is C56H58O13. The molecule has 0 spiro atoms. The van der Waals surface area contributed by atoms with Crippen molar-refractivity contribution in [2.45, 2.75) is 94.8 Å². The third-order valence-electron chi connectivity index (χ3n) is 11.7. The molecule has 1 N–H and O–H groups in total. The monoisotopic (exact) mass is 938 g/mol. The summed E-state index contributed by atoms with van der Waals surface area (Å²) < 4.78 is 65.2. The van der Waals surface area contributed by atoms with E-state index >= 15 is 0 Å². The van der Waals surface area contributed by atoms with Crippen LogP contribution in [-0.2, 0) is 73.8 Å². The van der Waals surface area contributed by atoms with Gasteiger partial charge in [-0.1, -0.05) is 158 Å². The zero-order valence-electron chi connectivity index (χ0n) is 38.4. The van der Waals surface area contributed by atoms with E-state index in [1.54, 1.807) is 61.5 Å². The van der Waals surface area contributed by atoms with Crippen LogP contribution in [0.3, 0.4) is 0 Å². The Labute approximate surface area is 402 Å². The van der Waals surface area contributed by atoms with Crippen molar-refractivity contribution in [2.24, 2.45) is 0 Å². The lowest BCUT2D eigenvalue weighted by Crippen LogP contribution is -2.66. The number of rotatable bonds is 22. The smallest absolute Gasteiger partial charge is 0.338 e. The Bertz CT molecular complexity index is 2410. The van der Waals surface area contributed by atoms with Crippen molar-refractivity contribution in [1.82, 2.24) is 0 Å². The highest BCUT2D eigenvalue weighted by molar-refractivity contribution is 5.89. The molecule has 2 fully saturated rings. The van der Waals surface area contributed by atoms with Crippen molar-refractivity contribution in [3.63, 3.8) is 0 Å². The molecule has 2 aliphatic heterocycles. The minimum atomic E-state index is -1.44. The predicted molar refractivity (Wildman–Crippen MR) is 253 cm³/mol. The van der Waals surface area contributed by atoms with Crippen LogP contribution in [0.1, 0.15) is 49.9 Å². The minimum Gasteiger partial charge on any atom is -0.459 e. The zero-order valence-corrected chi connectivity index (χ0v) is 38.4. The van der Waals surface area contributed by atoms with E-state index in [0.29, 0.717) is 11.1 Å². The summed E-state index contributed by atoms with van der Waals surface area (Å²) in [6.07, 6.45) is -11.7. The number of esters is 2. The van der Waals surface area contributed by atoms with Crippen LogP contribution >= 0.6 is 0 Å². The van der Waals surface area contributed by atoms with Gasteiger partial charge in [-0.25, -0.2) is 9.59 Å². The summed E-state index contributed by atoms with van der Waals surface area (Å²) >= 11 is 0. The summed E-state index contributed by atoms with van der Waals surface area (Å²) in [6, 6.07) is 55.5. The van der Waals surface area contributed by atoms with Gasteiger partial charge in [0.05, 0.1) is 44.2 Å². The molecule has 10 atom stereocenters. The van der Waals surface area contributed by atoms with Crippen LogP contribution in [0, 0.1) is 0 Å². The van der Waals surface area contributed by atoms with Gasteiger partial charge in [-0.2, -0.15) is 0 Å². The van der Waals surface area contributed by atoms with Crippen molar-refractivity contribution in [3.05, 3.63) is 215 Å². The molecule has 2 saturated heterocycles. The molecule has 0 amide bonds. The molecule has 13 nitrogen and oxygen atoms in total. The number of carbonyl (C=O) groups is 2. The van der Waals surface area contributed by atoms with Gasteiger partial charge < -0.3 is 52.5 Å². The quantitative estimate of drug-likeness (QED) is 0.0653. The predicted octanol–water partition coefficient (Wildman–Crippen LogP) is 8.27. The molecule has 8 rings (SSSR count). The van der Waals surface area contributed by atoms with Gasteiger partial charge in [0.1, 0.15) is 49.3 Å². The Morgan fingerprint density at radius 1 is 0.449 bits per heavy atom. The molecule has 0 bridgehead atoms. The van der Waals surface area contributed by atoms with Crippen LogP contribution in [0.15, 0.2) is 182 Å². The van der Waals surface area contributed by atoms with Crippen molar-refractivity contribution in [1.29, 1.82) is 0 Å². The van der Waals surface area contributed by atoms with Gasteiger partial charge in [0.2, 0.25) is 0 Å². The van der Waals surface area contributed by atoms with Crippen molar-refractivity contribution < 1.29 is 62.1 Å². The van der Waals surface area contributed by atoms with E-state index in [4.69, 9.17) is 47.4 Å². The fourth-order valence-electron chi connectivity index (χ4n) is 8.21. The number of ether oxygens (including phenoxy) is 10. The van der Waals surface area contributed by atoms with Crippen molar-refractivity contribution in [2.75, 3.05) is 19.8 Å². The number of aliphatic hydroxyl groups excluding tert-OH is 1. The van der Waals surface area contributed by atoms with E-state index in [1.165, 1.54) is 0 Å². The van der Waals surface area contributed by atoms with Crippen molar-refractivity contribution >= 4 is 11.9 Å². The van der Waals surface area contributed by atoms with E-state index in [-0.39, 0.29) is 46.2 Å². The number of hydrogen-bond acceptors (Lipinski definition) is 13. The number of aliphatic hydroxyl groups is 1. The Balaban J connectivity index is 1.17. The van der Waals surface area contributed by atoms with Crippen LogP contribution in [0.4, 0.5) is 0 Å². The molecule has 2 heterocycles. The van der Waals surface area contributed by atoms with E-state index in [2.05, 4.69) is 0 Å². The number of hydrogen-bond donors (Lipinski definition) is 1. The zero-order chi connectivity index (χ0) is 47.6. The highest BCUT2D eigenvalue weighted by Crippen LogP contribution is 2.36. The summed E-state index contributed by atoms with van der Waals surface area (Å²) in [6.45, 7) is 2.11. The molecule has 10 unspecified atom stereocenters. The second-order valence-electron chi connectivity index (χ2n) is 16.6. The second kappa shape index (κ2) is 25.5. The van der Waals surface area contributed by atoms with E-state index < -0.39 is 73.4 Å². The first-order valence-electron chi connectivity index (χ1n) is 23.3. The maximum Gasteiger partial charge on any atom is 0.338 e. The molecule has 0 radical (unpaired) electrons. The molecule has 69 heavy (non-hydrogen) atoms. The third kappa shape index (κ3) is 13.8. The lowest BCUT2D eigenvalue weighted by Gasteiger charge is -2.49. The van der Waals surface area contributed by atoms with Gasteiger partial charge in [-0.15, -0.1) is 0 Å². The summed E-state index contributed by atoms with van der Waals surface area (Å²) in [4.78, 5) is 27.5. The summed E-state index contributed by atoms with van der Waals surface area (Å²) in [5.41, 5.74) is 4.11. The van der Waals surface area contributed by atoms with Crippen LogP contribution in [0.2, 0.25) is 0 Å². The molecule has 360 valence electrons. The first-order chi connectivity index (χ1) is 33.9. The average molecular weight is 939 g/mol. The molecule has 13 heteroatoms. The maximum absolute atomic E-state index is 14.1. The molecule has 6 aromatic carbocycles. The lowest BCUT2D eigenvalue weighted by molar-refractivity contribution is -0.370. The Morgan fingerprint density at radius 2 is 0.870 bits per heavy atom. The summed E-state index contributed by atoms with van der Waals surface area (Å²) in [5.74, 6) is -1.21. The standard InChI is InChI=1S/C56H58O13/c1-2-61-55-50(62-34-40-23-11-4-12-24-40)47(57)48(46(66-55)38-65-53(58)43-29-17-7-18-30-43)69-56-52(64-36-42-27-15-6-16-28-42)51(63-35-41-25-13-5-14-26-41)49(68-54(59)44-31-19-8-20-32-44)45(67-56)37-60-33-39-21-9-3-10-22-39/h3-32,45-52,55-57H,2,33-38H2,1H3. The Kier molecular flexibility index (Phi) is 18.2. The van der Waals surface area contributed by atoms with E-state index in [9.17, 15) is 14.7 Å². The normalized spacial score (nSPS) is 24.6. The number of benzene rings is 6. The molecule has 0 aliphatic carbocycles. The first-order valence-corrected chi connectivity index (χ1v) is 23.3. The average Bonchev–Trinajstić information content (AvgIpc) is 3.40. The Hall–Kier alpha value is -6.10. The molecule has 0 aromatic heterocycles. The largest absolute Gasteiger partial charge is 0.459 e. The molecular weight excluding hydrogens is 881 g/mol. The third-order valence-corrected chi connectivity index (χ3v) is 11.7. The molecule has 2 aliphatic rings. The first kappa shape index (κ1) is 49.3. The minimum absolute atomic E-state index is 0.0742. The van der Waals surface area contributed by atoms with Crippen LogP contribution < -0.4 is 0 Å². The highest BCUT2D eigenvalue weighted by atomic mass is 16.8. The Morgan fingerprint density at radius 3 is 1.38 bits per heavy atom. The van der Waals surface area contributed by atoms with Gasteiger partial charge in [0, 0.05) is 6.61 Å². The van der Waals surface area contributed by atoms with Gasteiger partial charge in [-0.3, -0.25) is 0 Å².